The van der Waals surface area contributed by atoms with Crippen LogP contribution in [0.1, 0.15) is 5.56 Å². The highest BCUT2D eigenvalue weighted by atomic mass is 32.2. The van der Waals surface area contributed by atoms with Crippen LogP contribution in [-0.4, -0.2) is 36.5 Å². The smallest absolute Gasteiger partial charge is 0.234 e. The Morgan fingerprint density at radius 3 is 2.35 bits per heavy atom. The van der Waals surface area contributed by atoms with E-state index in [4.69, 9.17) is 4.74 Å². The van der Waals surface area contributed by atoms with Crippen LogP contribution in [0, 0.1) is 12.7 Å². The van der Waals surface area contributed by atoms with E-state index in [0.717, 1.165) is 11.3 Å². The Balaban J connectivity index is 1.54. The van der Waals surface area contributed by atoms with Crippen LogP contribution in [-0.2, 0) is 9.59 Å². The van der Waals surface area contributed by atoms with E-state index in [1.807, 2.05) is 31.2 Å². The van der Waals surface area contributed by atoms with E-state index >= 15 is 0 Å². The van der Waals surface area contributed by atoms with Crippen LogP contribution in [0.5, 0.6) is 5.75 Å². The first-order chi connectivity index (χ1) is 12.5. The molecule has 0 heterocycles. The van der Waals surface area contributed by atoms with Crippen LogP contribution < -0.4 is 15.4 Å². The Morgan fingerprint density at radius 1 is 1.00 bits per heavy atom. The van der Waals surface area contributed by atoms with E-state index in [1.54, 1.807) is 0 Å². The van der Waals surface area contributed by atoms with Gasteiger partial charge in [0.05, 0.1) is 18.1 Å². The molecule has 0 radical (unpaired) electrons. The lowest BCUT2D eigenvalue weighted by molar-refractivity contribution is -0.118. The number of carbonyl (C=O) groups is 2. The van der Waals surface area contributed by atoms with Crippen molar-refractivity contribution in [1.82, 2.24) is 5.32 Å². The number of nitrogens with one attached hydrogen (secondary N) is 2. The van der Waals surface area contributed by atoms with Crippen LogP contribution in [0.3, 0.4) is 0 Å². The van der Waals surface area contributed by atoms with Crippen LogP contribution in [0.15, 0.2) is 48.5 Å². The summed E-state index contributed by atoms with van der Waals surface area (Å²) in [5.41, 5.74) is 1.68. The highest BCUT2D eigenvalue weighted by Gasteiger charge is 2.06. The quantitative estimate of drug-likeness (QED) is 0.660. The fourth-order valence-electron chi connectivity index (χ4n) is 2.01. The SMILES string of the molecule is Cc1ccc(OCCNC(=O)CSCC(=O)Nc2ccc(F)cc2)cc1. The van der Waals surface area contributed by atoms with Crippen molar-refractivity contribution in [2.45, 2.75) is 6.92 Å². The second-order valence-corrected chi connectivity index (χ2v) is 6.54. The second-order valence-electron chi connectivity index (χ2n) is 5.56. The van der Waals surface area contributed by atoms with E-state index < -0.39 is 0 Å². The summed E-state index contributed by atoms with van der Waals surface area (Å²) < 4.78 is 18.3. The van der Waals surface area contributed by atoms with Crippen molar-refractivity contribution in [1.29, 1.82) is 0 Å². The van der Waals surface area contributed by atoms with Gasteiger partial charge in [0.25, 0.3) is 0 Å². The first-order valence-electron chi connectivity index (χ1n) is 8.12. The summed E-state index contributed by atoms with van der Waals surface area (Å²) in [7, 11) is 0. The highest BCUT2D eigenvalue weighted by Crippen LogP contribution is 2.11. The summed E-state index contributed by atoms with van der Waals surface area (Å²) in [6.45, 7) is 2.78. The average molecular weight is 376 g/mol. The van der Waals surface area contributed by atoms with Crippen molar-refractivity contribution in [2.24, 2.45) is 0 Å². The molecule has 0 atom stereocenters. The van der Waals surface area contributed by atoms with Crippen molar-refractivity contribution < 1.29 is 18.7 Å². The molecule has 0 saturated heterocycles. The first kappa shape index (κ1) is 19.8. The molecule has 0 unspecified atom stereocenters. The van der Waals surface area contributed by atoms with Crippen molar-refractivity contribution in [3.63, 3.8) is 0 Å². The van der Waals surface area contributed by atoms with Crippen molar-refractivity contribution in [2.75, 3.05) is 30.0 Å². The number of ether oxygens (including phenoxy) is 1. The molecule has 0 fully saturated rings. The molecule has 2 rings (SSSR count). The fraction of sp³-hybridized carbons (Fsp3) is 0.263. The lowest BCUT2D eigenvalue weighted by Crippen LogP contribution is -2.30. The molecule has 7 heteroatoms. The molecule has 5 nitrogen and oxygen atoms in total. The van der Waals surface area contributed by atoms with E-state index in [9.17, 15) is 14.0 Å². The molecular weight excluding hydrogens is 355 g/mol. The van der Waals surface area contributed by atoms with E-state index in [0.29, 0.717) is 18.8 Å². The number of thioether (sulfide) groups is 1. The van der Waals surface area contributed by atoms with Gasteiger partial charge in [-0.15, -0.1) is 11.8 Å². The minimum Gasteiger partial charge on any atom is -0.492 e. The predicted molar refractivity (Wildman–Crippen MR) is 102 cm³/mol. The van der Waals surface area contributed by atoms with Crippen LogP contribution in [0.2, 0.25) is 0 Å². The minimum atomic E-state index is -0.361. The van der Waals surface area contributed by atoms with Crippen LogP contribution in [0.4, 0.5) is 10.1 Å². The maximum absolute atomic E-state index is 12.8. The van der Waals surface area contributed by atoms with Gasteiger partial charge < -0.3 is 15.4 Å². The molecule has 2 aromatic carbocycles. The average Bonchev–Trinajstić information content (AvgIpc) is 2.62. The number of halogens is 1. The molecular formula is C19H21FN2O3S. The number of hydrogen-bond acceptors (Lipinski definition) is 4. The third-order valence-electron chi connectivity index (χ3n) is 3.31. The minimum absolute atomic E-state index is 0.144. The molecule has 138 valence electrons. The molecule has 2 N–H and O–H groups in total. The maximum atomic E-state index is 12.8. The van der Waals surface area contributed by atoms with Gasteiger partial charge in [0.2, 0.25) is 11.8 Å². The zero-order chi connectivity index (χ0) is 18.8. The molecule has 0 aliphatic rings. The third kappa shape index (κ3) is 7.57. The van der Waals surface area contributed by atoms with Gasteiger partial charge in [0.15, 0.2) is 0 Å². The summed E-state index contributed by atoms with van der Waals surface area (Å²) in [6.07, 6.45) is 0. The summed E-state index contributed by atoms with van der Waals surface area (Å²) in [5.74, 6) is 0.331. The van der Waals surface area contributed by atoms with E-state index in [-0.39, 0.29) is 29.1 Å². The molecule has 0 aromatic heterocycles. The Bertz CT molecular complexity index is 721. The van der Waals surface area contributed by atoms with Crippen LogP contribution >= 0.6 is 11.8 Å². The van der Waals surface area contributed by atoms with Crippen molar-refractivity contribution >= 4 is 29.3 Å². The number of amides is 2. The number of benzene rings is 2. The fourth-order valence-corrected chi connectivity index (χ4v) is 2.66. The van der Waals surface area contributed by atoms with Gasteiger partial charge in [-0.2, -0.15) is 0 Å². The zero-order valence-corrected chi connectivity index (χ0v) is 15.3. The summed E-state index contributed by atoms with van der Waals surface area (Å²) >= 11 is 1.21. The van der Waals surface area contributed by atoms with Gasteiger partial charge in [-0.25, -0.2) is 4.39 Å². The van der Waals surface area contributed by atoms with Gasteiger partial charge >= 0.3 is 0 Å². The van der Waals surface area contributed by atoms with Gasteiger partial charge in [-0.1, -0.05) is 17.7 Å². The predicted octanol–water partition coefficient (Wildman–Crippen LogP) is 3.00. The number of aryl methyl sites for hydroxylation is 1. The lowest BCUT2D eigenvalue weighted by Gasteiger charge is -2.08. The Labute approximate surface area is 156 Å². The molecule has 2 aromatic rings. The molecule has 26 heavy (non-hydrogen) atoms. The monoisotopic (exact) mass is 376 g/mol. The molecule has 2 amide bonds. The second kappa shape index (κ2) is 10.5. The largest absolute Gasteiger partial charge is 0.492 e. The lowest BCUT2D eigenvalue weighted by atomic mass is 10.2. The molecule has 0 spiro atoms. The first-order valence-corrected chi connectivity index (χ1v) is 9.28. The van der Waals surface area contributed by atoms with Crippen molar-refractivity contribution in [3.05, 3.63) is 59.9 Å². The molecule has 0 aliphatic carbocycles. The topological polar surface area (TPSA) is 67.4 Å². The Morgan fingerprint density at radius 2 is 1.65 bits per heavy atom. The summed E-state index contributed by atoms with van der Waals surface area (Å²) in [5, 5.41) is 5.37. The van der Waals surface area contributed by atoms with E-state index in [1.165, 1.54) is 36.0 Å². The summed E-state index contributed by atoms with van der Waals surface area (Å²) in [4.78, 5) is 23.5. The molecule has 0 bridgehead atoms. The normalized spacial score (nSPS) is 10.2. The van der Waals surface area contributed by atoms with Crippen molar-refractivity contribution in [3.8, 4) is 5.75 Å². The number of hydrogen-bond donors (Lipinski definition) is 2. The van der Waals surface area contributed by atoms with Gasteiger partial charge in [0, 0.05) is 5.69 Å². The number of anilines is 1. The molecule has 0 saturated carbocycles. The van der Waals surface area contributed by atoms with Gasteiger partial charge in [-0.3, -0.25) is 9.59 Å². The Kier molecular flexibility index (Phi) is 7.95. The zero-order valence-electron chi connectivity index (χ0n) is 14.5. The third-order valence-corrected chi connectivity index (χ3v) is 4.24. The standard InChI is InChI=1S/C19H21FN2O3S/c1-14-2-8-17(9-3-14)25-11-10-21-18(23)12-26-13-19(24)22-16-6-4-15(20)5-7-16/h2-9H,10-13H2,1H3,(H,21,23)(H,22,24). The number of rotatable bonds is 9. The molecule has 0 aliphatic heterocycles. The van der Waals surface area contributed by atoms with Crippen LogP contribution in [0.25, 0.3) is 0 Å². The number of carbonyl (C=O) groups excluding carboxylic acids is 2. The highest BCUT2D eigenvalue weighted by molar-refractivity contribution is 8.00. The van der Waals surface area contributed by atoms with E-state index in [2.05, 4.69) is 10.6 Å². The Hall–Kier alpha value is -2.54. The van der Waals surface area contributed by atoms with Gasteiger partial charge in [0.1, 0.15) is 18.2 Å². The maximum Gasteiger partial charge on any atom is 0.234 e. The summed E-state index contributed by atoms with van der Waals surface area (Å²) in [6, 6.07) is 13.2. The van der Waals surface area contributed by atoms with Gasteiger partial charge in [-0.05, 0) is 43.3 Å².